The zero-order valence-corrected chi connectivity index (χ0v) is 7.49. The second-order valence-corrected chi connectivity index (χ2v) is 5.83. The summed E-state index contributed by atoms with van der Waals surface area (Å²) >= 11 is 0. The second-order valence-electron chi connectivity index (χ2n) is 3.17. The van der Waals surface area contributed by atoms with Crippen molar-refractivity contribution in [3.05, 3.63) is 0 Å². The molecule has 56 valence electrons. The van der Waals surface area contributed by atoms with E-state index in [1.54, 1.807) is 0 Å². The molecular formula is C7H17NS. The Bertz CT molecular complexity index is 92.9. The van der Waals surface area contributed by atoms with E-state index in [4.69, 9.17) is 0 Å². The quantitative estimate of drug-likeness (QED) is 0.541. The van der Waals surface area contributed by atoms with Crippen LogP contribution in [-0.4, -0.2) is 42.8 Å². The zero-order valence-electron chi connectivity index (χ0n) is 6.59. The van der Waals surface area contributed by atoms with Crippen LogP contribution in [0.2, 0.25) is 0 Å². The summed E-state index contributed by atoms with van der Waals surface area (Å²) < 4.78 is 0. The van der Waals surface area contributed by atoms with E-state index < -0.39 is 0 Å². The van der Waals surface area contributed by atoms with Crippen molar-refractivity contribution in [2.75, 3.05) is 32.6 Å². The van der Waals surface area contributed by atoms with Gasteiger partial charge in [0, 0.05) is 6.54 Å². The SMILES string of the molecule is CN1CCC([SH](C)C)C1. The van der Waals surface area contributed by atoms with Crippen LogP contribution < -0.4 is 0 Å². The zero-order chi connectivity index (χ0) is 6.85. The molecule has 0 spiro atoms. The molecular weight excluding hydrogens is 130 g/mol. The first-order valence-corrected chi connectivity index (χ1v) is 5.85. The fourth-order valence-corrected chi connectivity index (χ4v) is 2.57. The lowest BCUT2D eigenvalue weighted by Crippen LogP contribution is -2.16. The number of hydrogen-bond donors (Lipinski definition) is 1. The van der Waals surface area contributed by atoms with E-state index in [0.29, 0.717) is 10.9 Å². The minimum absolute atomic E-state index is 0.330. The van der Waals surface area contributed by atoms with Gasteiger partial charge in [0.05, 0.1) is 0 Å². The fraction of sp³-hybridized carbons (Fsp3) is 1.00. The monoisotopic (exact) mass is 147 g/mol. The summed E-state index contributed by atoms with van der Waals surface area (Å²) in [7, 11) is 2.55. The number of rotatable bonds is 1. The van der Waals surface area contributed by atoms with Crippen molar-refractivity contribution in [2.45, 2.75) is 11.7 Å². The van der Waals surface area contributed by atoms with E-state index >= 15 is 0 Å². The van der Waals surface area contributed by atoms with Crippen molar-refractivity contribution >= 4 is 10.9 Å². The summed E-state index contributed by atoms with van der Waals surface area (Å²) in [6.07, 6.45) is 6.22. The molecule has 1 fully saturated rings. The Balaban J connectivity index is 2.30. The summed E-state index contributed by atoms with van der Waals surface area (Å²) in [6, 6.07) is 0. The van der Waals surface area contributed by atoms with Crippen LogP contribution >= 0.6 is 10.9 Å². The first kappa shape index (κ1) is 7.42. The van der Waals surface area contributed by atoms with E-state index in [1.807, 2.05) is 0 Å². The Morgan fingerprint density at radius 3 is 2.33 bits per heavy atom. The predicted molar refractivity (Wildman–Crippen MR) is 46.7 cm³/mol. The topological polar surface area (TPSA) is 3.24 Å². The van der Waals surface area contributed by atoms with Gasteiger partial charge >= 0.3 is 0 Å². The lowest BCUT2D eigenvalue weighted by molar-refractivity contribution is 0.419. The molecule has 1 rings (SSSR count). The molecule has 1 atom stereocenters. The van der Waals surface area contributed by atoms with Crippen molar-refractivity contribution < 1.29 is 0 Å². The molecule has 0 aromatic carbocycles. The van der Waals surface area contributed by atoms with Gasteiger partial charge in [0.2, 0.25) is 0 Å². The molecule has 1 saturated heterocycles. The summed E-state index contributed by atoms with van der Waals surface area (Å²) in [5.41, 5.74) is 0. The van der Waals surface area contributed by atoms with Crippen molar-refractivity contribution in [3.8, 4) is 0 Å². The minimum atomic E-state index is 0.330. The molecule has 1 aliphatic rings. The third-order valence-electron chi connectivity index (χ3n) is 2.10. The van der Waals surface area contributed by atoms with E-state index in [2.05, 4.69) is 24.5 Å². The highest BCUT2D eigenvalue weighted by atomic mass is 32.2. The summed E-state index contributed by atoms with van der Waals surface area (Å²) in [5, 5.41) is 1.03. The number of hydrogen-bond acceptors (Lipinski definition) is 1. The van der Waals surface area contributed by atoms with Gasteiger partial charge in [-0.25, -0.2) is 0 Å². The van der Waals surface area contributed by atoms with Crippen molar-refractivity contribution in [2.24, 2.45) is 0 Å². The molecule has 1 nitrogen and oxygen atoms in total. The number of nitrogens with zero attached hydrogens (tertiary/aromatic N) is 1. The number of thiol groups is 1. The highest BCUT2D eigenvalue weighted by molar-refractivity contribution is 8.16. The maximum atomic E-state index is 2.44. The molecule has 0 saturated carbocycles. The van der Waals surface area contributed by atoms with Crippen molar-refractivity contribution in [3.63, 3.8) is 0 Å². The molecule has 9 heavy (non-hydrogen) atoms. The van der Waals surface area contributed by atoms with E-state index in [0.717, 1.165) is 5.25 Å². The first-order valence-electron chi connectivity index (χ1n) is 3.55. The van der Waals surface area contributed by atoms with Crippen molar-refractivity contribution in [1.29, 1.82) is 0 Å². The summed E-state index contributed by atoms with van der Waals surface area (Å²) in [5.74, 6) is 0. The average Bonchev–Trinajstić information content (AvgIpc) is 2.14. The Labute approximate surface area is 60.8 Å². The summed E-state index contributed by atoms with van der Waals surface area (Å²) in [6.45, 7) is 2.67. The van der Waals surface area contributed by atoms with Gasteiger partial charge in [0.15, 0.2) is 0 Å². The third kappa shape index (κ3) is 1.87. The molecule has 0 aliphatic carbocycles. The van der Waals surface area contributed by atoms with Crippen LogP contribution in [0.4, 0.5) is 0 Å². The van der Waals surface area contributed by atoms with E-state index in [-0.39, 0.29) is 0 Å². The largest absolute Gasteiger partial charge is 0.305 e. The van der Waals surface area contributed by atoms with Crippen LogP contribution in [0, 0.1) is 0 Å². The maximum absolute atomic E-state index is 2.44. The van der Waals surface area contributed by atoms with Gasteiger partial charge in [-0.1, -0.05) is 0 Å². The van der Waals surface area contributed by atoms with Gasteiger partial charge in [0.25, 0.3) is 0 Å². The fourth-order valence-electron chi connectivity index (χ4n) is 1.33. The van der Waals surface area contributed by atoms with Crippen LogP contribution in [0.25, 0.3) is 0 Å². The van der Waals surface area contributed by atoms with Gasteiger partial charge in [-0.15, -0.1) is 0 Å². The average molecular weight is 147 g/mol. The summed E-state index contributed by atoms with van der Waals surface area (Å²) in [4.78, 5) is 2.44. The van der Waals surface area contributed by atoms with Crippen LogP contribution in [0.5, 0.6) is 0 Å². The molecule has 0 radical (unpaired) electrons. The van der Waals surface area contributed by atoms with Gasteiger partial charge in [-0.2, -0.15) is 0 Å². The highest BCUT2D eigenvalue weighted by Gasteiger charge is 2.19. The van der Waals surface area contributed by atoms with Crippen molar-refractivity contribution in [1.82, 2.24) is 4.90 Å². The van der Waals surface area contributed by atoms with Gasteiger partial charge in [-0.3, -0.25) is 10.9 Å². The van der Waals surface area contributed by atoms with Gasteiger partial charge in [-0.05, 0) is 37.8 Å². The molecule has 0 N–H and O–H groups in total. The minimum Gasteiger partial charge on any atom is -0.305 e. The molecule has 0 bridgehead atoms. The number of likely N-dealkylation sites (tertiary alicyclic amines) is 1. The molecule has 0 aromatic rings. The van der Waals surface area contributed by atoms with Gasteiger partial charge in [0.1, 0.15) is 0 Å². The smallest absolute Gasteiger partial charge is 0.00814 e. The van der Waals surface area contributed by atoms with Crippen LogP contribution in [0.15, 0.2) is 0 Å². The highest BCUT2D eigenvalue weighted by Crippen LogP contribution is 2.29. The molecule has 1 heterocycles. The Hall–Kier alpha value is 0.310. The van der Waals surface area contributed by atoms with E-state index in [9.17, 15) is 0 Å². The first-order chi connectivity index (χ1) is 4.20. The molecule has 2 heteroatoms. The van der Waals surface area contributed by atoms with Crippen LogP contribution in [-0.2, 0) is 0 Å². The maximum Gasteiger partial charge on any atom is 0.00814 e. The standard InChI is InChI=1S/C7H17NS/c1-8-5-4-7(6-8)9(2)3/h7,9H,4-6H2,1-3H3. The lowest BCUT2D eigenvalue weighted by atomic mass is 10.4. The predicted octanol–water partition coefficient (Wildman–Crippen LogP) is 0.951. The lowest BCUT2D eigenvalue weighted by Gasteiger charge is -2.17. The molecule has 0 amide bonds. The molecule has 0 aromatic heterocycles. The Morgan fingerprint density at radius 1 is 1.44 bits per heavy atom. The van der Waals surface area contributed by atoms with Crippen LogP contribution in [0.3, 0.4) is 0 Å². The van der Waals surface area contributed by atoms with Gasteiger partial charge < -0.3 is 4.90 Å². The second kappa shape index (κ2) is 2.93. The third-order valence-corrected chi connectivity index (χ3v) is 3.98. The molecule has 1 aliphatic heterocycles. The molecule has 1 unspecified atom stereocenters. The Morgan fingerprint density at radius 2 is 2.11 bits per heavy atom. The van der Waals surface area contributed by atoms with Crippen LogP contribution in [0.1, 0.15) is 6.42 Å². The Kier molecular flexibility index (Phi) is 2.42. The normalized spacial score (nSPS) is 31.0. The van der Waals surface area contributed by atoms with E-state index in [1.165, 1.54) is 19.5 Å².